The third-order valence-electron chi connectivity index (χ3n) is 2.08. The normalized spacial score (nSPS) is 10.3. The zero-order valence-corrected chi connectivity index (χ0v) is 10.2. The number of halogens is 3. The largest absolute Gasteiger partial charge is 0.487 e. The summed E-state index contributed by atoms with van der Waals surface area (Å²) in [5, 5.41) is 0.640. The predicted octanol–water partition coefficient (Wildman–Crippen LogP) is 4.11. The molecule has 0 fully saturated rings. The molecule has 0 unspecified atom stereocenters. The van der Waals surface area contributed by atoms with Crippen molar-refractivity contribution in [2.45, 2.75) is 6.61 Å². The van der Waals surface area contributed by atoms with Crippen molar-refractivity contribution in [2.24, 2.45) is 0 Å². The van der Waals surface area contributed by atoms with Gasteiger partial charge in [-0.3, -0.25) is 0 Å². The van der Waals surface area contributed by atoms with Crippen LogP contribution >= 0.6 is 23.2 Å². The Morgan fingerprint density at radius 1 is 1.18 bits per heavy atom. The van der Waals surface area contributed by atoms with Gasteiger partial charge in [0.1, 0.15) is 23.3 Å². The molecule has 0 aliphatic carbocycles. The highest BCUT2D eigenvalue weighted by Gasteiger charge is 2.03. The summed E-state index contributed by atoms with van der Waals surface area (Å²) in [4.78, 5) is 3.86. The minimum atomic E-state index is -0.394. The van der Waals surface area contributed by atoms with Crippen LogP contribution in [0.4, 0.5) is 4.39 Å². The van der Waals surface area contributed by atoms with Gasteiger partial charge in [-0.25, -0.2) is 9.37 Å². The molecule has 2 nitrogen and oxygen atoms in total. The average molecular weight is 272 g/mol. The number of ether oxygens (including phenoxy) is 1. The second-order valence-corrected chi connectivity index (χ2v) is 4.14. The van der Waals surface area contributed by atoms with Crippen LogP contribution in [-0.4, -0.2) is 4.98 Å². The number of rotatable bonds is 3. The molecule has 0 amide bonds. The maximum absolute atomic E-state index is 12.8. The minimum absolute atomic E-state index is 0.241. The van der Waals surface area contributed by atoms with Crippen molar-refractivity contribution >= 4 is 23.2 Å². The van der Waals surface area contributed by atoms with Crippen LogP contribution in [0, 0.1) is 5.82 Å². The van der Waals surface area contributed by atoms with Crippen LogP contribution in [0.1, 0.15) is 5.56 Å². The van der Waals surface area contributed by atoms with E-state index in [4.69, 9.17) is 27.9 Å². The van der Waals surface area contributed by atoms with E-state index in [0.29, 0.717) is 17.5 Å². The lowest BCUT2D eigenvalue weighted by molar-refractivity contribution is 0.306. The van der Waals surface area contributed by atoms with E-state index in [9.17, 15) is 4.39 Å². The fourth-order valence-corrected chi connectivity index (χ4v) is 1.70. The molecule has 0 aliphatic heterocycles. The van der Waals surface area contributed by atoms with Gasteiger partial charge in [-0.2, -0.15) is 0 Å². The Morgan fingerprint density at radius 3 is 2.71 bits per heavy atom. The van der Waals surface area contributed by atoms with E-state index in [2.05, 4.69) is 4.98 Å². The van der Waals surface area contributed by atoms with Crippen LogP contribution in [0.25, 0.3) is 0 Å². The molecule has 0 saturated carbocycles. The number of hydrogen-bond donors (Lipinski definition) is 0. The van der Waals surface area contributed by atoms with Gasteiger partial charge < -0.3 is 4.74 Å². The van der Waals surface area contributed by atoms with Crippen LogP contribution in [0.15, 0.2) is 36.5 Å². The van der Waals surface area contributed by atoms with Gasteiger partial charge in [0, 0.05) is 6.20 Å². The highest BCUT2D eigenvalue weighted by Crippen LogP contribution is 2.25. The first kappa shape index (κ1) is 12.1. The zero-order chi connectivity index (χ0) is 12.3. The quantitative estimate of drug-likeness (QED) is 0.784. The van der Waals surface area contributed by atoms with Gasteiger partial charge in [-0.15, -0.1) is 0 Å². The summed E-state index contributed by atoms with van der Waals surface area (Å²) in [6, 6.07) is 7.46. The fraction of sp³-hybridized carbons (Fsp3) is 0.0833. The zero-order valence-electron chi connectivity index (χ0n) is 8.66. The van der Waals surface area contributed by atoms with Crippen molar-refractivity contribution in [2.75, 3.05) is 0 Å². The van der Waals surface area contributed by atoms with E-state index in [1.54, 1.807) is 18.3 Å². The molecule has 0 radical (unpaired) electrons. The van der Waals surface area contributed by atoms with Crippen LogP contribution in [0.3, 0.4) is 0 Å². The number of aromatic nitrogens is 1. The first-order valence-corrected chi connectivity index (χ1v) is 5.59. The van der Waals surface area contributed by atoms with Crippen LogP contribution in [0.5, 0.6) is 5.75 Å². The van der Waals surface area contributed by atoms with Crippen LogP contribution in [0.2, 0.25) is 10.2 Å². The average Bonchev–Trinajstić information content (AvgIpc) is 2.28. The fourth-order valence-electron chi connectivity index (χ4n) is 1.29. The summed E-state index contributed by atoms with van der Waals surface area (Å²) in [5.74, 6) is 0.0373. The first-order chi connectivity index (χ1) is 8.15. The van der Waals surface area contributed by atoms with Crippen molar-refractivity contribution in [3.05, 3.63) is 58.1 Å². The van der Waals surface area contributed by atoms with Gasteiger partial charge in [-0.05, 0) is 35.9 Å². The Morgan fingerprint density at radius 2 is 2.00 bits per heavy atom. The Balaban J connectivity index is 2.07. The Bertz CT molecular complexity index is 534. The van der Waals surface area contributed by atoms with Gasteiger partial charge in [0.15, 0.2) is 0 Å². The van der Waals surface area contributed by atoms with E-state index in [-0.39, 0.29) is 5.02 Å². The van der Waals surface area contributed by atoms with Crippen LogP contribution in [-0.2, 0) is 6.61 Å². The highest BCUT2D eigenvalue weighted by molar-refractivity contribution is 6.32. The molecule has 0 aliphatic rings. The molecule has 0 bridgehead atoms. The first-order valence-electron chi connectivity index (χ1n) is 4.83. The number of pyridine rings is 1. The van der Waals surface area contributed by atoms with Crippen molar-refractivity contribution < 1.29 is 9.13 Å². The molecule has 0 spiro atoms. The van der Waals surface area contributed by atoms with Crippen molar-refractivity contribution in [1.82, 2.24) is 4.98 Å². The van der Waals surface area contributed by atoms with Gasteiger partial charge in [0.05, 0.1) is 5.02 Å². The predicted molar refractivity (Wildman–Crippen MR) is 65.0 cm³/mol. The lowest BCUT2D eigenvalue weighted by atomic mass is 10.3. The second kappa shape index (κ2) is 5.34. The molecule has 1 heterocycles. The molecule has 2 aromatic rings. The van der Waals surface area contributed by atoms with Gasteiger partial charge in [0.25, 0.3) is 0 Å². The van der Waals surface area contributed by atoms with Gasteiger partial charge >= 0.3 is 0 Å². The van der Waals surface area contributed by atoms with E-state index >= 15 is 0 Å². The molecule has 0 saturated heterocycles. The summed E-state index contributed by atoms with van der Waals surface area (Å²) in [7, 11) is 0. The van der Waals surface area contributed by atoms with E-state index in [1.165, 1.54) is 18.2 Å². The molecular formula is C12H8Cl2FNO. The van der Waals surface area contributed by atoms with Gasteiger partial charge in [0.2, 0.25) is 0 Å². The monoisotopic (exact) mass is 271 g/mol. The van der Waals surface area contributed by atoms with E-state index in [1.807, 2.05) is 0 Å². The molecule has 17 heavy (non-hydrogen) atoms. The SMILES string of the molecule is Fc1ccc(OCc2ccnc(Cl)c2)c(Cl)c1. The number of hydrogen-bond acceptors (Lipinski definition) is 2. The standard InChI is InChI=1S/C12H8Cl2FNO/c13-10-6-9(15)1-2-11(10)17-7-8-3-4-16-12(14)5-8/h1-6H,7H2. The maximum Gasteiger partial charge on any atom is 0.138 e. The third kappa shape index (κ3) is 3.32. The second-order valence-electron chi connectivity index (χ2n) is 3.35. The van der Waals surface area contributed by atoms with Crippen molar-refractivity contribution in [1.29, 1.82) is 0 Å². The molecule has 0 N–H and O–H groups in total. The summed E-state index contributed by atoms with van der Waals surface area (Å²) < 4.78 is 18.2. The summed E-state index contributed by atoms with van der Waals surface area (Å²) in [5.41, 5.74) is 0.866. The van der Waals surface area contributed by atoms with Crippen LogP contribution < -0.4 is 4.74 Å². The smallest absolute Gasteiger partial charge is 0.138 e. The Hall–Kier alpha value is -1.32. The molecule has 2 rings (SSSR count). The number of benzene rings is 1. The molecule has 0 atom stereocenters. The molecule has 5 heteroatoms. The molecule has 1 aromatic heterocycles. The molecule has 1 aromatic carbocycles. The van der Waals surface area contributed by atoms with Crippen molar-refractivity contribution in [3.63, 3.8) is 0 Å². The molecular weight excluding hydrogens is 264 g/mol. The summed E-state index contributed by atoms with van der Waals surface area (Å²) in [6.45, 7) is 0.299. The third-order valence-corrected chi connectivity index (χ3v) is 2.58. The summed E-state index contributed by atoms with van der Waals surface area (Å²) in [6.07, 6.45) is 1.59. The Kier molecular flexibility index (Phi) is 3.82. The topological polar surface area (TPSA) is 22.1 Å². The lowest BCUT2D eigenvalue weighted by Gasteiger charge is -2.07. The minimum Gasteiger partial charge on any atom is -0.487 e. The number of nitrogens with zero attached hydrogens (tertiary/aromatic N) is 1. The Labute approximate surface area is 108 Å². The van der Waals surface area contributed by atoms with E-state index < -0.39 is 5.82 Å². The van der Waals surface area contributed by atoms with E-state index in [0.717, 1.165) is 5.56 Å². The highest BCUT2D eigenvalue weighted by atomic mass is 35.5. The van der Waals surface area contributed by atoms with Gasteiger partial charge in [-0.1, -0.05) is 23.2 Å². The summed E-state index contributed by atoms with van der Waals surface area (Å²) >= 11 is 11.6. The van der Waals surface area contributed by atoms with Crippen molar-refractivity contribution in [3.8, 4) is 5.75 Å². The lowest BCUT2D eigenvalue weighted by Crippen LogP contribution is -1.96. The maximum atomic E-state index is 12.8. The molecule has 88 valence electrons.